The van der Waals surface area contributed by atoms with Crippen LogP contribution in [0.5, 0.6) is 5.75 Å². The van der Waals surface area contributed by atoms with Crippen molar-refractivity contribution in [1.82, 2.24) is 0 Å². The first kappa shape index (κ1) is 48.0. The van der Waals surface area contributed by atoms with Crippen molar-refractivity contribution in [2.24, 2.45) is 5.41 Å². The Morgan fingerprint density at radius 1 is 0.509 bits per heavy atom. The van der Waals surface area contributed by atoms with Gasteiger partial charge in [0, 0.05) is 0 Å². The molecule has 304 valence electrons. The first-order valence-electron chi connectivity index (χ1n) is 20.9. The van der Waals surface area contributed by atoms with Crippen molar-refractivity contribution in [3.8, 4) is 5.75 Å². The second kappa shape index (κ2) is 31.0. The molecule has 53 heavy (non-hydrogen) atoms. The molecule has 0 spiro atoms. The van der Waals surface area contributed by atoms with E-state index in [1.54, 1.807) is 0 Å². The number of aryl methyl sites for hydroxylation is 2. The molecule has 0 fully saturated rings. The summed E-state index contributed by atoms with van der Waals surface area (Å²) in [6, 6.07) is 16.0. The number of hydrogen-bond donors (Lipinski definition) is 5. The Labute approximate surface area is 325 Å². The number of ether oxygens (including phenoxy) is 1. The Bertz CT molecular complexity index is 1140. The molecule has 0 aromatic heterocycles. The number of para-hydroxylation sites is 1. The minimum Gasteiger partial charge on any atom is -0.485 e. The maximum Gasteiger partial charge on any atom is 0.327 e. The van der Waals surface area contributed by atoms with Crippen LogP contribution in [0.25, 0.3) is 0 Å². The Morgan fingerprint density at radius 2 is 0.887 bits per heavy atom. The highest BCUT2D eigenvalue weighted by atomic mass is 31.2. The predicted octanol–water partition coefficient (Wildman–Crippen LogP) is 11.9. The molecule has 2 aromatic rings. The topological polar surface area (TPSA) is 129 Å². The van der Waals surface area contributed by atoms with Gasteiger partial charge in [-0.25, -0.2) is 0 Å². The molecule has 5 N–H and O–H groups in total. The van der Waals surface area contributed by atoms with Gasteiger partial charge >= 0.3 is 17.2 Å². The fourth-order valence-electron chi connectivity index (χ4n) is 7.19. The Kier molecular flexibility index (Phi) is 28.0. The average Bonchev–Trinajstić information content (AvgIpc) is 3.16. The highest BCUT2D eigenvalue weighted by Crippen LogP contribution is 2.45. The van der Waals surface area contributed by atoms with Gasteiger partial charge in [0.2, 0.25) is 0 Å². The van der Waals surface area contributed by atoms with Crippen molar-refractivity contribution >= 4 is 17.2 Å². The highest BCUT2D eigenvalue weighted by Gasteiger charge is 2.45. The third kappa shape index (κ3) is 21.1. The van der Waals surface area contributed by atoms with Crippen LogP contribution in [-0.2, 0) is 21.9 Å². The molecule has 0 aliphatic rings. The summed E-state index contributed by atoms with van der Waals surface area (Å²) in [6.45, 7) is 3.34. The van der Waals surface area contributed by atoms with E-state index in [0.717, 1.165) is 55.2 Å². The average molecular weight is 781 g/mol. The van der Waals surface area contributed by atoms with E-state index in [0.29, 0.717) is 5.75 Å². The number of hydrogen-bond acceptors (Lipinski definition) is 8. The van der Waals surface area contributed by atoms with Gasteiger partial charge in [-0.15, -0.1) is 0 Å². The predicted molar refractivity (Wildman–Crippen MR) is 221 cm³/mol. The third-order valence-corrected chi connectivity index (χ3v) is 11.2. The summed E-state index contributed by atoms with van der Waals surface area (Å²) in [7, 11) is -5.50. The summed E-state index contributed by atoms with van der Waals surface area (Å²) < 4.78 is 17.6. The minimum absolute atomic E-state index is 0.330. The molecule has 0 saturated heterocycles. The van der Waals surface area contributed by atoms with Crippen LogP contribution in [0.3, 0.4) is 0 Å². The second-order valence-corrected chi connectivity index (χ2v) is 16.5. The molecule has 2 aromatic carbocycles. The molecule has 8 nitrogen and oxygen atoms in total. The van der Waals surface area contributed by atoms with Crippen LogP contribution in [0.2, 0.25) is 0 Å². The fourth-order valence-corrected chi connectivity index (χ4v) is 7.93. The van der Waals surface area contributed by atoms with Crippen LogP contribution >= 0.6 is 17.2 Å². The normalized spacial score (nSPS) is 12.6. The van der Waals surface area contributed by atoms with Gasteiger partial charge in [0.15, 0.2) is 0 Å². The summed E-state index contributed by atoms with van der Waals surface area (Å²) in [6.07, 6.45) is 28.6. The zero-order valence-electron chi connectivity index (χ0n) is 33.1. The second-order valence-electron chi connectivity index (χ2n) is 14.9. The van der Waals surface area contributed by atoms with Crippen LogP contribution in [0.15, 0.2) is 48.5 Å². The van der Waals surface area contributed by atoms with Gasteiger partial charge in [-0.2, -0.15) is 0 Å². The summed E-state index contributed by atoms with van der Waals surface area (Å²) in [5.41, 5.74) is 1.59. The summed E-state index contributed by atoms with van der Waals surface area (Å²) in [5.74, 6) is 0.678. The van der Waals surface area contributed by atoms with Crippen LogP contribution in [0, 0.1) is 5.41 Å². The number of rotatable bonds is 35. The Balaban J connectivity index is 2.18. The van der Waals surface area contributed by atoms with Crippen molar-refractivity contribution in [2.75, 3.05) is 19.8 Å². The van der Waals surface area contributed by atoms with Crippen molar-refractivity contribution in [3.05, 3.63) is 65.2 Å². The highest BCUT2D eigenvalue weighted by molar-refractivity contribution is 7.39. The van der Waals surface area contributed by atoms with E-state index in [2.05, 4.69) is 26.0 Å². The van der Waals surface area contributed by atoms with E-state index in [-0.39, 0.29) is 13.2 Å². The molecule has 10 heteroatoms. The molecule has 2 rings (SSSR count). The van der Waals surface area contributed by atoms with E-state index in [9.17, 15) is 24.7 Å². The lowest BCUT2D eigenvalue weighted by molar-refractivity contribution is -0.0659. The van der Waals surface area contributed by atoms with E-state index >= 15 is 0 Å². The summed E-state index contributed by atoms with van der Waals surface area (Å²) >= 11 is 0. The summed E-state index contributed by atoms with van der Waals surface area (Å²) in [4.78, 5) is 39.1. The fraction of sp³-hybridized carbons (Fsp3) is 0.721. The molecular weight excluding hydrogens is 706 g/mol. The largest absolute Gasteiger partial charge is 0.485 e. The first-order valence-corrected chi connectivity index (χ1v) is 23.2. The molecule has 1 atom stereocenters. The van der Waals surface area contributed by atoms with Crippen molar-refractivity contribution in [3.63, 3.8) is 0 Å². The van der Waals surface area contributed by atoms with Crippen LogP contribution in [0.1, 0.15) is 178 Å². The smallest absolute Gasteiger partial charge is 0.327 e. The molecule has 0 amide bonds. The SMILES string of the molecule is CCCCCCCCCCCCCc1ccccc1OC(c1ccccc1CCCCCCCCCCCCC)C(CO)(COP(O)O)COP(O)O. The molecule has 0 aliphatic carbocycles. The van der Waals surface area contributed by atoms with E-state index < -0.39 is 35.3 Å². The van der Waals surface area contributed by atoms with E-state index in [1.807, 2.05) is 36.4 Å². The zero-order chi connectivity index (χ0) is 38.4. The van der Waals surface area contributed by atoms with E-state index in [1.165, 1.54) is 116 Å². The van der Waals surface area contributed by atoms with Gasteiger partial charge in [0.05, 0.1) is 25.2 Å². The van der Waals surface area contributed by atoms with Gasteiger partial charge in [-0.05, 0) is 48.4 Å². The molecule has 0 saturated carbocycles. The van der Waals surface area contributed by atoms with Crippen LogP contribution < -0.4 is 4.74 Å². The van der Waals surface area contributed by atoms with Gasteiger partial charge in [0.1, 0.15) is 11.9 Å². The third-order valence-electron chi connectivity index (χ3n) is 10.5. The lowest BCUT2D eigenvalue weighted by Gasteiger charge is -2.40. The summed E-state index contributed by atoms with van der Waals surface area (Å²) in [5, 5.41) is 11.0. The van der Waals surface area contributed by atoms with Gasteiger partial charge in [-0.1, -0.05) is 185 Å². The van der Waals surface area contributed by atoms with Crippen molar-refractivity contribution < 1.29 is 38.5 Å². The van der Waals surface area contributed by atoms with E-state index in [4.69, 9.17) is 13.8 Å². The van der Waals surface area contributed by atoms with Crippen molar-refractivity contribution in [1.29, 1.82) is 0 Å². The van der Waals surface area contributed by atoms with Crippen molar-refractivity contribution in [2.45, 2.75) is 174 Å². The van der Waals surface area contributed by atoms with Gasteiger partial charge in [-0.3, -0.25) is 0 Å². The minimum atomic E-state index is -2.75. The quantitative estimate of drug-likeness (QED) is 0.0345. The van der Waals surface area contributed by atoms with Gasteiger partial charge in [0.25, 0.3) is 0 Å². The standard InChI is InChI=1S/C43H74O8P2/c1-3-5-7-9-11-13-15-17-19-21-23-29-38-30-25-27-33-40(38)42(43(35-44,36-49-52(45)46)37-50-53(47)48)51-41-34-28-26-32-39(41)31-24-22-20-18-16-14-12-10-8-6-4-2/h25-28,30,32-34,42,44-48H,3-24,29,31,35-37H2,1-2H3. The molecule has 0 aliphatic heterocycles. The number of unbranched alkanes of at least 4 members (excludes halogenated alkanes) is 20. The van der Waals surface area contributed by atoms with Gasteiger partial charge < -0.3 is 38.5 Å². The molecule has 0 bridgehead atoms. The van der Waals surface area contributed by atoms with Crippen LogP contribution in [0.4, 0.5) is 0 Å². The zero-order valence-corrected chi connectivity index (χ0v) is 34.9. The lowest BCUT2D eigenvalue weighted by Crippen LogP contribution is -2.44. The monoisotopic (exact) mass is 780 g/mol. The maximum absolute atomic E-state index is 11.0. The molecular formula is C43H74O8P2. The van der Waals surface area contributed by atoms with Crippen LogP contribution in [-0.4, -0.2) is 44.5 Å². The first-order chi connectivity index (χ1) is 25.9. The number of aliphatic hydroxyl groups excluding tert-OH is 1. The Hall–Kier alpha value is -1.18. The number of aliphatic hydroxyl groups is 1. The molecule has 0 heterocycles. The molecule has 1 unspecified atom stereocenters. The Morgan fingerprint density at radius 3 is 1.32 bits per heavy atom. The number of benzene rings is 2. The lowest BCUT2D eigenvalue weighted by atomic mass is 9.78. The maximum atomic E-state index is 11.0. The molecule has 0 radical (unpaired) electrons.